The van der Waals surface area contributed by atoms with Crippen LogP contribution in [0.3, 0.4) is 0 Å². The molecule has 0 rings (SSSR count). The predicted octanol–water partition coefficient (Wildman–Crippen LogP) is -10.00. The molecule has 0 spiro atoms. The molecule has 0 aromatic carbocycles. The first-order valence-electron chi connectivity index (χ1n) is 2.45. The minimum atomic E-state index is -4.08. The summed E-state index contributed by atoms with van der Waals surface area (Å²) < 4.78 is 103. The fourth-order valence-corrected chi connectivity index (χ4v) is 0. The van der Waals surface area contributed by atoms with Crippen LogP contribution in [0.1, 0.15) is 0 Å². The fraction of sp³-hybridized carbons (Fsp3) is 0. The maximum absolute atomic E-state index is 8.58. The van der Waals surface area contributed by atoms with Crippen LogP contribution in [-0.4, -0.2) is 0 Å². The van der Waals surface area contributed by atoms with E-state index in [9.17, 15) is 0 Å². The summed E-state index contributed by atoms with van der Waals surface area (Å²) in [5.41, 5.74) is 0. The second-order valence-corrected chi connectivity index (χ2v) is 4.12. The number of hydrogen-bond donors (Lipinski definition) is 0. The third-order valence-electron chi connectivity index (χ3n) is 0. The molecule has 0 radical (unpaired) electrons. The summed E-state index contributed by atoms with van der Waals surface area (Å²) in [4.78, 5) is 0. The van der Waals surface area contributed by atoms with Crippen LogP contribution in [0.4, 0.5) is 0 Å². The van der Waals surface area contributed by atoms with E-state index in [-0.39, 0.29) is 59.3 Å². The van der Waals surface area contributed by atoms with E-state index in [0.29, 0.717) is 0 Å². The molecular weight excluding hydrogens is 651 g/mol. The molecule has 0 aliphatic rings. The van der Waals surface area contributed by atoms with Gasteiger partial charge in [-0.05, 0) is 0 Å². The molecule has 108 valence electrons. The fourth-order valence-electron chi connectivity index (χ4n) is 0. The molecule has 0 N–H and O–H groups in total. The van der Waals surface area contributed by atoms with E-state index >= 15 is 0 Å². The molecule has 0 heterocycles. The zero-order valence-electron chi connectivity index (χ0n) is 7.60. The van der Waals surface area contributed by atoms with Crippen LogP contribution in [0.5, 0.6) is 0 Å². The standard InChI is InChI=1S/Lu.Nb.12O.4Ti/q+3;+5;;;;;8*-1;;;;. The first-order valence-corrected chi connectivity index (χ1v) is 10.1. The third kappa shape index (κ3) is 501. The van der Waals surface area contributed by atoms with Gasteiger partial charge in [-0.3, -0.25) is 0 Å². The Hall–Kier alpha value is 3.71. The summed E-state index contributed by atoms with van der Waals surface area (Å²) in [6.07, 6.45) is 0. The molecular formula is LuNbO12Ti4. The van der Waals surface area contributed by atoms with Crippen molar-refractivity contribution >= 4 is 0 Å². The summed E-state index contributed by atoms with van der Waals surface area (Å²) in [6.45, 7) is 0. The van der Waals surface area contributed by atoms with E-state index in [0.717, 1.165) is 0 Å². The van der Waals surface area contributed by atoms with Gasteiger partial charge in [0.25, 0.3) is 0 Å². The normalized spacial score (nSPS) is 5.78. The van der Waals surface area contributed by atoms with Crippen molar-refractivity contribution in [3.05, 3.63) is 0 Å². The van der Waals surface area contributed by atoms with Gasteiger partial charge in [-0.25, -0.2) is 0 Å². The Morgan fingerprint density at radius 2 is 0.444 bits per heavy atom. The second-order valence-electron chi connectivity index (χ2n) is 1.00. The van der Waals surface area contributed by atoms with E-state index in [2.05, 4.69) is 0 Å². The molecule has 0 unspecified atom stereocenters. The topological polar surface area (TPSA) is 253 Å². The third-order valence-corrected chi connectivity index (χ3v) is 0. The Labute approximate surface area is 173 Å². The number of rotatable bonds is 0. The molecule has 18 heavy (non-hydrogen) atoms. The molecule has 0 aromatic heterocycles. The van der Waals surface area contributed by atoms with E-state index in [1.165, 1.54) is 0 Å². The summed E-state index contributed by atoms with van der Waals surface area (Å²) >= 11 is -16.3. The van der Waals surface area contributed by atoms with Gasteiger partial charge in [0.15, 0.2) is 0 Å². The average molecular weight is 651 g/mol. The van der Waals surface area contributed by atoms with Crippen molar-refractivity contribution < 1.29 is 177 Å². The molecule has 0 saturated heterocycles. The first kappa shape index (κ1) is 37.7. The van der Waals surface area contributed by atoms with Crippen LogP contribution in [-0.2, 0) is 110 Å². The van der Waals surface area contributed by atoms with Crippen LogP contribution < -0.4 is 29.5 Å². The van der Waals surface area contributed by atoms with Crippen LogP contribution in [0.2, 0.25) is 0 Å². The first-order chi connectivity index (χ1) is 6.93. The Balaban J connectivity index is -0.0000000257. The monoisotopic (exact) mass is 652 g/mol. The summed E-state index contributed by atoms with van der Waals surface area (Å²) in [6, 6.07) is 0. The van der Waals surface area contributed by atoms with Crippen molar-refractivity contribution in [3.8, 4) is 0 Å². The molecule has 12 nitrogen and oxygen atoms in total. The van der Waals surface area contributed by atoms with E-state index in [1.54, 1.807) is 0 Å². The van der Waals surface area contributed by atoms with Crippen molar-refractivity contribution in [2.24, 2.45) is 0 Å². The van der Waals surface area contributed by atoms with Gasteiger partial charge in [-0.1, -0.05) is 0 Å². The zero-order chi connectivity index (χ0) is 14.3. The van der Waals surface area contributed by atoms with Crippen molar-refractivity contribution in [1.29, 1.82) is 0 Å². The van der Waals surface area contributed by atoms with E-state index in [1.807, 2.05) is 0 Å². The van der Waals surface area contributed by atoms with Gasteiger partial charge >= 0.3 is 177 Å². The predicted molar refractivity (Wildman–Crippen MR) is 2.75 cm³/mol. The maximum atomic E-state index is 8.58. The Kier molecular flexibility index (Phi) is 68.3. The molecule has 0 aromatic rings. The summed E-state index contributed by atoms with van der Waals surface area (Å²) in [5, 5.41) is 0. The van der Waals surface area contributed by atoms with Gasteiger partial charge in [-0.15, -0.1) is 0 Å². The van der Waals surface area contributed by atoms with E-state index in [4.69, 9.17) is 42.8 Å². The Bertz CT molecular complexity index is 164. The quantitative estimate of drug-likeness (QED) is 0.221. The summed E-state index contributed by atoms with van der Waals surface area (Å²) in [5.74, 6) is 0. The van der Waals surface area contributed by atoms with Crippen molar-refractivity contribution in [2.75, 3.05) is 0 Å². The average Bonchev–Trinajstić information content (AvgIpc) is 1.76. The number of hydrogen-bond acceptors (Lipinski definition) is 12. The van der Waals surface area contributed by atoms with Crippen LogP contribution in [0.15, 0.2) is 0 Å². The summed E-state index contributed by atoms with van der Waals surface area (Å²) in [7, 11) is 0. The van der Waals surface area contributed by atoms with Crippen molar-refractivity contribution in [2.45, 2.75) is 0 Å². The Morgan fingerprint density at radius 1 is 0.444 bits per heavy atom. The molecule has 18 heteroatoms. The van der Waals surface area contributed by atoms with Crippen LogP contribution >= 0.6 is 0 Å². The van der Waals surface area contributed by atoms with Gasteiger partial charge in [0.2, 0.25) is 0 Å². The van der Waals surface area contributed by atoms with Crippen LogP contribution in [0, 0.1) is 36.9 Å². The molecule has 0 aliphatic carbocycles. The minimum absolute atomic E-state index is 0. The van der Waals surface area contributed by atoms with Gasteiger partial charge in [0, 0.05) is 0 Å². The molecule has 0 bridgehead atoms. The molecule has 0 saturated carbocycles. The van der Waals surface area contributed by atoms with Crippen molar-refractivity contribution in [1.82, 2.24) is 0 Å². The van der Waals surface area contributed by atoms with Crippen LogP contribution in [0.25, 0.3) is 0 Å². The SMILES string of the molecule is [Lu+3].[Nb+5].[O]=[Ti]([O-])[O-].[O]=[Ti]([O-])[O-].[O]=[Ti]([O-])[O-].[O]=[Ti]([O-])[O-]. The van der Waals surface area contributed by atoms with Gasteiger partial charge in [-0.2, -0.15) is 0 Å². The Morgan fingerprint density at radius 3 is 0.444 bits per heavy atom. The van der Waals surface area contributed by atoms with E-state index < -0.39 is 74.5 Å². The van der Waals surface area contributed by atoms with Crippen molar-refractivity contribution in [3.63, 3.8) is 0 Å². The van der Waals surface area contributed by atoms with Gasteiger partial charge in [0.1, 0.15) is 0 Å². The van der Waals surface area contributed by atoms with Gasteiger partial charge in [0.05, 0.1) is 0 Å². The molecule has 0 amide bonds. The molecule has 0 aliphatic heterocycles. The second kappa shape index (κ2) is 32.6. The molecule has 0 atom stereocenters. The van der Waals surface area contributed by atoms with Gasteiger partial charge < -0.3 is 0 Å². The zero-order valence-corrected chi connectivity index (χ0v) is 17.7. The molecule has 0 fully saturated rings.